The molecule has 95 valence electrons. The maximum atomic E-state index is 5.62. The third kappa shape index (κ3) is 1.78. The molecule has 1 saturated carbocycles. The zero-order chi connectivity index (χ0) is 12.6. The predicted molar refractivity (Wildman–Crippen MR) is 73.5 cm³/mol. The van der Waals surface area contributed by atoms with Gasteiger partial charge in [-0.2, -0.15) is 0 Å². The molecule has 2 bridgehead atoms. The molecule has 1 aromatic rings. The number of hydrogen-bond acceptors (Lipinski definition) is 2. The third-order valence-electron chi connectivity index (χ3n) is 4.37. The van der Waals surface area contributed by atoms with Gasteiger partial charge < -0.3 is 8.85 Å². The van der Waals surface area contributed by atoms with E-state index in [2.05, 4.69) is 42.5 Å². The molecule has 18 heavy (non-hydrogen) atoms. The van der Waals surface area contributed by atoms with Crippen molar-refractivity contribution in [2.75, 3.05) is 14.2 Å². The average Bonchev–Trinajstić information content (AvgIpc) is 3.00. The minimum Gasteiger partial charge on any atom is -0.396 e. The Labute approximate surface area is 110 Å². The minimum absolute atomic E-state index is 0.180. The Bertz CT molecular complexity index is 441. The number of hydrogen-bond donors (Lipinski definition) is 0. The largest absolute Gasteiger partial charge is 0.396 e. The van der Waals surface area contributed by atoms with Crippen molar-refractivity contribution >= 4 is 9.28 Å². The quantitative estimate of drug-likeness (QED) is 0.610. The van der Waals surface area contributed by atoms with Crippen molar-refractivity contribution in [2.45, 2.75) is 23.8 Å². The van der Waals surface area contributed by atoms with Crippen LogP contribution >= 0.6 is 0 Å². The molecular weight excluding hydrogens is 240 g/mol. The summed E-state index contributed by atoms with van der Waals surface area (Å²) < 4.78 is 11.2. The van der Waals surface area contributed by atoms with Crippen molar-refractivity contribution in [3.05, 3.63) is 48.0 Å². The summed E-state index contributed by atoms with van der Waals surface area (Å²) in [5.41, 5.74) is 1.46. The van der Waals surface area contributed by atoms with Crippen LogP contribution in [0, 0.1) is 5.92 Å². The Balaban J connectivity index is 1.86. The number of fused-ring (bicyclic) bond motifs is 2. The van der Waals surface area contributed by atoms with Gasteiger partial charge in [0, 0.05) is 19.3 Å². The molecule has 1 fully saturated rings. The minimum atomic E-state index is -1.20. The Morgan fingerprint density at radius 1 is 1.11 bits per heavy atom. The molecule has 0 aromatic heterocycles. The highest BCUT2D eigenvalue weighted by atomic mass is 28.3. The molecule has 0 aliphatic heterocycles. The van der Waals surface area contributed by atoms with Gasteiger partial charge in [-0.1, -0.05) is 42.5 Å². The molecule has 0 saturated heterocycles. The molecule has 0 N–H and O–H groups in total. The average molecular weight is 259 g/mol. The fraction of sp³-hybridized carbons (Fsp3) is 0.467. The second-order valence-corrected chi connectivity index (χ2v) is 7.69. The monoisotopic (exact) mass is 259 g/mol. The van der Waals surface area contributed by atoms with Gasteiger partial charge in [-0.15, -0.1) is 0 Å². The van der Waals surface area contributed by atoms with E-state index in [0.717, 1.165) is 0 Å². The Morgan fingerprint density at radius 2 is 1.83 bits per heavy atom. The van der Waals surface area contributed by atoms with Crippen molar-refractivity contribution in [3.63, 3.8) is 0 Å². The summed E-state index contributed by atoms with van der Waals surface area (Å²) in [4.78, 5) is 0. The van der Waals surface area contributed by atoms with E-state index in [1.807, 2.05) is 0 Å². The Morgan fingerprint density at radius 3 is 2.50 bits per heavy atom. The Kier molecular flexibility index (Phi) is 3.14. The lowest BCUT2D eigenvalue weighted by molar-refractivity contribution is 0.251. The van der Waals surface area contributed by atoms with Crippen molar-refractivity contribution in [1.29, 1.82) is 0 Å². The van der Waals surface area contributed by atoms with Crippen LogP contribution in [0.25, 0.3) is 0 Å². The van der Waals surface area contributed by atoms with Crippen LogP contribution in [0.1, 0.15) is 24.3 Å². The second kappa shape index (κ2) is 4.65. The van der Waals surface area contributed by atoms with Gasteiger partial charge in [0.05, 0.1) is 0 Å². The molecule has 2 aliphatic carbocycles. The lowest BCUT2D eigenvalue weighted by Gasteiger charge is -2.29. The summed E-state index contributed by atoms with van der Waals surface area (Å²) in [5, 5.41) is 0.180. The van der Waals surface area contributed by atoms with E-state index >= 15 is 0 Å². The van der Waals surface area contributed by atoms with Crippen LogP contribution in [0.2, 0.25) is 5.04 Å². The topological polar surface area (TPSA) is 18.5 Å². The molecule has 0 heterocycles. The number of allylic oxidation sites excluding steroid dienone is 2. The Hall–Kier alpha value is -0.903. The van der Waals surface area contributed by atoms with E-state index in [0.29, 0.717) is 11.8 Å². The maximum absolute atomic E-state index is 5.62. The summed E-state index contributed by atoms with van der Waals surface area (Å²) in [5.74, 6) is 1.30. The number of rotatable bonds is 4. The van der Waals surface area contributed by atoms with Gasteiger partial charge in [-0.05, 0) is 30.2 Å². The molecule has 2 aliphatic rings. The smallest absolute Gasteiger partial charge is 0.395 e. The highest BCUT2D eigenvalue weighted by Gasteiger charge is 2.54. The number of benzene rings is 1. The highest BCUT2D eigenvalue weighted by molar-refractivity contribution is 6.49. The molecule has 3 atom stereocenters. The fourth-order valence-electron chi connectivity index (χ4n) is 3.63. The van der Waals surface area contributed by atoms with Gasteiger partial charge in [-0.3, -0.25) is 0 Å². The van der Waals surface area contributed by atoms with Crippen LogP contribution in [0.15, 0.2) is 42.5 Å². The van der Waals surface area contributed by atoms with Gasteiger partial charge in [0.1, 0.15) is 0 Å². The van der Waals surface area contributed by atoms with E-state index in [1.165, 1.54) is 18.4 Å². The van der Waals surface area contributed by atoms with Crippen LogP contribution in [0.4, 0.5) is 0 Å². The van der Waals surface area contributed by atoms with Gasteiger partial charge in [0.25, 0.3) is 0 Å². The predicted octanol–water partition coefficient (Wildman–Crippen LogP) is 3.27. The van der Waals surface area contributed by atoms with Crippen molar-refractivity contribution in [1.82, 2.24) is 0 Å². The second-order valence-electron chi connectivity index (χ2n) is 5.30. The normalized spacial score (nSPS) is 33.5. The molecule has 2 nitrogen and oxygen atoms in total. The van der Waals surface area contributed by atoms with Crippen molar-refractivity contribution < 1.29 is 8.85 Å². The van der Waals surface area contributed by atoms with Crippen molar-refractivity contribution in [3.8, 4) is 0 Å². The molecule has 0 spiro atoms. The summed E-state index contributed by atoms with van der Waals surface area (Å²) in [7, 11) is 2.37. The lowest BCUT2D eigenvalue weighted by atomic mass is 9.87. The first-order valence-corrected chi connectivity index (χ1v) is 7.80. The van der Waals surface area contributed by atoms with Crippen molar-refractivity contribution in [2.24, 2.45) is 5.92 Å². The van der Waals surface area contributed by atoms with Gasteiger partial charge in [-0.25, -0.2) is 0 Å². The fourth-order valence-corrected chi connectivity index (χ4v) is 5.63. The molecule has 3 unspecified atom stereocenters. The standard InChI is InChI=1S/C15H19O2Si/c1-16-18(17-2)15-9-8-13(10-15)14(11-15)12-6-4-3-5-7-12/h3-9,13-14H,10-11H2,1-2H3. The first-order chi connectivity index (χ1) is 8.79. The van der Waals surface area contributed by atoms with Crippen LogP contribution in [-0.2, 0) is 8.85 Å². The summed E-state index contributed by atoms with van der Waals surface area (Å²) >= 11 is 0. The van der Waals surface area contributed by atoms with Crippen LogP contribution < -0.4 is 0 Å². The lowest BCUT2D eigenvalue weighted by Crippen LogP contribution is -2.33. The van der Waals surface area contributed by atoms with Crippen LogP contribution in [-0.4, -0.2) is 23.5 Å². The van der Waals surface area contributed by atoms with E-state index in [-0.39, 0.29) is 5.04 Å². The summed E-state index contributed by atoms with van der Waals surface area (Å²) in [6, 6.07) is 10.9. The molecule has 3 rings (SSSR count). The molecular formula is C15H19O2Si. The van der Waals surface area contributed by atoms with E-state index < -0.39 is 9.28 Å². The zero-order valence-electron chi connectivity index (χ0n) is 10.9. The zero-order valence-corrected chi connectivity index (χ0v) is 11.9. The van der Waals surface area contributed by atoms with Gasteiger partial charge in [0.2, 0.25) is 0 Å². The molecule has 1 aromatic carbocycles. The molecule has 0 amide bonds. The molecule has 3 heteroatoms. The maximum Gasteiger partial charge on any atom is 0.395 e. The summed E-state index contributed by atoms with van der Waals surface area (Å²) in [6.45, 7) is 0. The van der Waals surface area contributed by atoms with Gasteiger partial charge in [0.15, 0.2) is 0 Å². The SMILES string of the molecule is CO[Si](OC)C12C=CC(C1)C(c1ccccc1)C2. The molecule has 1 radical (unpaired) electrons. The third-order valence-corrected chi connectivity index (χ3v) is 6.50. The van der Waals surface area contributed by atoms with E-state index in [1.54, 1.807) is 14.2 Å². The first-order valence-electron chi connectivity index (χ1n) is 6.49. The highest BCUT2D eigenvalue weighted by Crippen LogP contribution is 2.62. The first kappa shape index (κ1) is 12.1. The summed E-state index contributed by atoms with van der Waals surface area (Å²) in [6.07, 6.45) is 7.11. The van der Waals surface area contributed by atoms with E-state index in [4.69, 9.17) is 8.85 Å². The van der Waals surface area contributed by atoms with E-state index in [9.17, 15) is 0 Å². The van der Waals surface area contributed by atoms with Crippen LogP contribution in [0.5, 0.6) is 0 Å². The van der Waals surface area contributed by atoms with Crippen LogP contribution in [0.3, 0.4) is 0 Å². The van der Waals surface area contributed by atoms with Gasteiger partial charge >= 0.3 is 9.28 Å².